The summed E-state index contributed by atoms with van der Waals surface area (Å²) in [5.74, 6) is 0.266. The molecule has 1 amide bonds. The number of nitrogens with zero attached hydrogens (tertiary/aromatic N) is 2. The molecule has 0 spiro atoms. The van der Waals surface area contributed by atoms with Gasteiger partial charge in [0.15, 0.2) is 5.16 Å². The summed E-state index contributed by atoms with van der Waals surface area (Å²) in [7, 11) is 1.61. The lowest BCUT2D eigenvalue weighted by Crippen LogP contribution is -2.20. The second-order valence-corrected chi connectivity index (χ2v) is 5.19. The van der Waals surface area contributed by atoms with Crippen LogP contribution in [0.1, 0.15) is 11.3 Å². The van der Waals surface area contributed by atoms with Crippen LogP contribution in [0.25, 0.3) is 0 Å². The number of aromatic nitrogens is 2. The number of carbonyl (C=O) groups is 1. The highest BCUT2D eigenvalue weighted by molar-refractivity contribution is 7.99. The molecule has 2 rings (SSSR count). The molecule has 106 valence electrons. The summed E-state index contributed by atoms with van der Waals surface area (Å²) in [6.07, 6.45) is 1.82. The van der Waals surface area contributed by atoms with E-state index in [2.05, 4.69) is 10.3 Å². The van der Waals surface area contributed by atoms with E-state index < -0.39 is 0 Å². The lowest BCUT2D eigenvalue weighted by atomic mass is 10.2. The van der Waals surface area contributed by atoms with Crippen molar-refractivity contribution in [3.05, 3.63) is 47.8 Å². The maximum atomic E-state index is 11.3. The second-order valence-electron chi connectivity index (χ2n) is 4.25. The van der Waals surface area contributed by atoms with Crippen LogP contribution >= 0.6 is 11.8 Å². The van der Waals surface area contributed by atoms with Crippen molar-refractivity contribution < 1.29 is 9.90 Å². The number of hydrogen-bond acceptors (Lipinski definition) is 4. The normalized spacial score (nSPS) is 10.5. The molecule has 0 aliphatic heterocycles. The summed E-state index contributed by atoms with van der Waals surface area (Å²) in [5, 5.41) is 12.5. The van der Waals surface area contributed by atoms with E-state index in [1.54, 1.807) is 7.05 Å². The molecule has 2 N–H and O–H groups in total. The van der Waals surface area contributed by atoms with Gasteiger partial charge in [-0.15, -0.1) is 0 Å². The molecule has 0 unspecified atom stereocenters. The number of imidazole rings is 1. The summed E-state index contributed by atoms with van der Waals surface area (Å²) in [4.78, 5) is 15.6. The van der Waals surface area contributed by atoms with E-state index in [0.717, 1.165) is 10.7 Å². The molecule has 1 heterocycles. The standard InChI is InChI=1S/C14H17N3O2S/c1-15-13(19)10-20-14-16-12(9-18)8-17(14)7-11-5-3-2-4-6-11/h2-6,8,18H,7,9-10H2,1H3,(H,15,19). The maximum absolute atomic E-state index is 11.3. The number of rotatable bonds is 6. The molecule has 0 saturated heterocycles. The highest BCUT2D eigenvalue weighted by atomic mass is 32.2. The van der Waals surface area contributed by atoms with Gasteiger partial charge < -0.3 is 15.0 Å². The number of thioether (sulfide) groups is 1. The van der Waals surface area contributed by atoms with Gasteiger partial charge in [0.1, 0.15) is 0 Å². The van der Waals surface area contributed by atoms with Gasteiger partial charge in [0.05, 0.1) is 18.1 Å². The van der Waals surface area contributed by atoms with Gasteiger partial charge in [-0.3, -0.25) is 4.79 Å². The van der Waals surface area contributed by atoms with E-state index in [0.29, 0.717) is 18.0 Å². The molecule has 0 radical (unpaired) electrons. The maximum Gasteiger partial charge on any atom is 0.230 e. The number of aliphatic hydroxyl groups is 1. The topological polar surface area (TPSA) is 67.2 Å². The Hall–Kier alpha value is -1.79. The zero-order valence-electron chi connectivity index (χ0n) is 11.2. The minimum absolute atomic E-state index is 0.0465. The molecule has 6 heteroatoms. The van der Waals surface area contributed by atoms with Crippen LogP contribution in [0.5, 0.6) is 0 Å². The van der Waals surface area contributed by atoms with Gasteiger partial charge in [-0.25, -0.2) is 4.98 Å². The van der Waals surface area contributed by atoms with Crippen molar-refractivity contribution in [2.75, 3.05) is 12.8 Å². The Balaban J connectivity index is 2.14. The predicted octanol–water partition coefficient (Wildman–Crippen LogP) is 1.26. The number of carbonyl (C=O) groups excluding carboxylic acids is 1. The van der Waals surface area contributed by atoms with Crippen LogP contribution in [0.4, 0.5) is 0 Å². The molecule has 0 fully saturated rings. The number of aliphatic hydroxyl groups excluding tert-OH is 1. The van der Waals surface area contributed by atoms with Crippen molar-refractivity contribution >= 4 is 17.7 Å². The minimum atomic E-state index is -0.102. The molecular weight excluding hydrogens is 274 g/mol. The SMILES string of the molecule is CNC(=O)CSc1nc(CO)cn1Cc1ccccc1. The third-order valence-corrected chi connectivity index (χ3v) is 3.75. The van der Waals surface area contributed by atoms with Crippen molar-refractivity contribution in [2.24, 2.45) is 0 Å². The van der Waals surface area contributed by atoms with Gasteiger partial charge in [-0.1, -0.05) is 42.1 Å². The summed E-state index contributed by atoms with van der Waals surface area (Å²) in [6.45, 7) is 0.569. The molecule has 0 aliphatic carbocycles. The van der Waals surface area contributed by atoms with E-state index in [-0.39, 0.29) is 12.5 Å². The first-order valence-corrected chi connectivity index (χ1v) is 7.25. The minimum Gasteiger partial charge on any atom is -0.390 e. The third-order valence-electron chi connectivity index (χ3n) is 2.76. The summed E-state index contributed by atoms with van der Waals surface area (Å²) >= 11 is 1.36. The highest BCUT2D eigenvalue weighted by Gasteiger charge is 2.10. The number of benzene rings is 1. The monoisotopic (exact) mass is 291 g/mol. The van der Waals surface area contributed by atoms with Crippen LogP contribution < -0.4 is 5.32 Å². The van der Waals surface area contributed by atoms with E-state index in [1.807, 2.05) is 41.1 Å². The molecule has 2 aromatic rings. The molecule has 0 bridgehead atoms. The molecule has 0 atom stereocenters. The second kappa shape index (κ2) is 7.12. The quantitative estimate of drug-likeness (QED) is 0.786. The van der Waals surface area contributed by atoms with Crippen molar-refractivity contribution in [3.8, 4) is 0 Å². The third kappa shape index (κ3) is 3.85. The van der Waals surface area contributed by atoms with Crippen LogP contribution in [0.3, 0.4) is 0 Å². The van der Waals surface area contributed by atoms with Crippen LogP contribution in [0, 0.1) is 0 Å². The molecule has 1 aromatic carbocycles. The Morgan fingerprint density at radius 1 is 1.40 bits per heavy atom. The Bertz CT molecular complexity index is 569. The van der Waals surface area contributed by atoms with E-state index in [9.17, 15) is 9.90 Å². The molecule has 5 nitrogen and oxygen atoms in total. The van der Waals surface area contributed by atoms with Crippen LogP contribution in [0.15, 0.2) is 41.7 Å². The van der Waals surface area contributed by atoms with Gasteiger partial charge >= 0.3 is 0 Å². The zero-order chi connectivity index (χ0) is 14.4. The van der Waals surface area contributed by atoms with Crippen LogP contribution in [0.2, 0.25) is 0 Å². The molecule has 0 saturated carbocycles. The summed E-state index contributed by atoms with van der Waals surface area (Å²) < 4.78 is 1.95. The molecule has 1 aromatic heterocycles. The van der Waals surface area contributed by atoms with Gasteiger partial charge in [-0.05, 0) is 5.56 Å². The van der Waals surface area contributed by atoms with Gasteiger partial charge in [0.2, 0.25) is 5.91 Å². The number of hydrogen-bond donors (Lipinski definition) is 2. The fourth-order valence-electron chi connectivity index (χ4n) is 1.74. The average molecular weight is 291 g/mol. The Morgan fingerprint density at radius 2 is 2.15 bits per heavy atom. The van der Waals surface area contributed by atoms with E-state index in [4.69, 9.17) is 0 Å². The predicted molar refractivity (Wildman–Crippen MR) is 78.5 cm³/mol. The lowest BCUT2D eigenvalue weighted by Gasteiger charge is -2.07. The van der Waals surface area contributed by atoms with E-state index in [1.165, 1.54) is 11.8 Å². The van der Waals surface area contributed by atoms with Crippen LogP contribution in [-0.4, -0.2) is 33.4 Å². The Labute approximate surface area is 122 Å². The largest absolute Gasteiger partial charge is 0.390 e. The Morgan fingerprint density at radius 3 is 2.80 bits per heavy atom. The Kier molecular flexibility index (Phi) is 5.20. The molecular formula is C14H17N3O2S. The summed E-state index contributed by atoms with van der Waals surface area (Å²) in [5.41, 5.74) is 1.76. The fourth-order valence-corrected chi connectivity index (χ4v) is 2.61. The van der Waals surface area contributed by atoms with Crippen molar-refractivity contribution in [2.45, 2.75) is 18.3 Å². The van der Waals surface area contributed by atoms with Crippen LogP contribution in [-0.2, 0) is 17.9 Å². The average Bonchev–Trinajstić information content (AvgIpc) is 2.88. The molecule has 0 aliphatic rings. The zero-order valence-corrected chi connectivity index (χ0v) is 12.1. The van der Waals surface area contributed by atoms with Crippen molar-refractivity contribution in [3.63, 3.8) is 0 Å². The summed E-state index contributed by atoms with van der Waals surface area (Å²) in [6, 6.07) is 10.0. The molecule has 20 heavy (non-hydrogen) atoms. The van der Waals surface area contributed by atoms with Gasteiger partial charge in [0, 0.05) is 19.8 Å². The van der Waals surface area contributed by atoms with E-state index >= 15 is 0 Å². The van der Waals surface area contributed by atoms with Gasteiger partial charge in [0.25, 0.3) is 0 Å². The number of nitrogens with one attached hydrogen (secondary N) is 1. The lowest BCUT2D eigenvalue weighted by molar-refractivity contribution is -0.118. The first-order valence-electron chi connectivity index (χ1n) is 6.27. The smallest absolute Gasteiger partial charge is 0.230 e. The number of amides is 1. The van der Waals surface area contributed by atoms with Crippen molar-refractivity contribution in [1.29, 1.82) is 0 Å². The van der Waals surface area contributed by atoms with Crippen molar-refractivity contribution in [1.82, 2.24) is 14.9 Å². The first-order chi connectivity index (χ1) is 9.72. The first kappa shape index (κ1) is 14.6. The van der Waals surface area contributed by atoms with Gasteiger partial charge in [-0.2, -0.15) is 0 Å². The highest BCUT2D eigenvalue weighted by Crippen LogP contribution is 2.19. The fraction of sp³-hybridized carbons (Fsp3) is 0.286.